The molecule has 150 valence electrons. The molecule has 0 aliphatic carbocycles. The van der Waals surface area contributed by atoms with Crippen molar-refractivity contribution in [1.82, 2.24) is 14.7 Å². The highest BCUT2D eigenvalue weighted by Gasteiger charge is 2.30. The first-order valence-electron chi connectivity index (χ1n) is 8.11. The number of ether oxygens (including phenoxy) is 4. The average molecular weight is 387 g/mol. The minimum Gasteiger partial charge on any atom is -0.462 e. The van der Waals surface area contributed by atoms with E-state index in [1.165, 1.54) is 7.05 Å². The Morgan fingerprint density at radius 1 is 0.926 bits per heavy atom. The molecule has 2 saturated heterocycles. The van der Waals surface area contributed by atoms with E-state index in [4.69, 9.17) is 18.9 Å². The van der Waals surface area contributed by atoms with E-state index >= 15 is 0 Å². The lowest BCUT2D eigenvalue weighted by molar-refractivity contribution is -0.146. The molecule has 2 rings (SSSR count). The number of amides is 5. The van der Waals surface area contributed by atoms with E-state index in [0.29, 0.717) is 23.0 Å². The second-order valence-corrected chi connectivity index (χ2v) is 5.99. The predicted molar refractivity (Wildman–Crippen MR) is 85.4 cm³/mol. The summed E-state index contributed by atoms with van der Waals surface area (Å²) in [5, 5.41) is 0. The van der Waals surface area contributed by atoms with Gasteiger partial charge in [-0.2, -0.15) is 0 Å². The summed E-state index contributed by atoms with van der Waals surface area (Å²) in [5.74, 6) is -1.48. The van der Waals surface area contributed by atoms with Gasteiger partial charge in [-0.05, 0) is 0 Å². The Hall–Kier alpha value is -2.73. The summed E-state index contributed by atoms with van der Waals surface area (Å²) in [5.41, 5.74) is 0. The molecule has 12 heteroatoms. The molecular weight excluding hydrogens is 366 g/mol. The van der Waals surface area contributed by atoms with E-state index in [1.807, 2.05) is 0 Å². The summed E-state index contributed by atoms with van der Waals surface area (Å²) in [6.07, 6.45) is -0.143. The fourth-order valence-electron chi connectivity index (χ4n) is 1.87. The second kappa shape index (κ2) is 9.28. The van der Waals surface area contributed by atoms with Gasteiger partial charge in [0.2, 0.25) is 6.41 Å². The van der Waals surface area contributed by atoms with Gasteiger partial charge in [0.25, 0.3) is 0 Å². The zero-order chi connectivity index (χ0) is 20.0. The molecule has 0 aromatic rings. The van der Waals surface area contributed by atoms with Crippen LogP contribution in [0.3, 0.4) is 0 Å². The van der Waals surface area contributed by atoms with Gasteiger partial charge in [-0.1, -0.05) is 0 Å². The van der Waals surface area contributed by atoms with Gasteiger partial charge in [0.1, 0.15) is 38.5 Å². The predicted octanol–water partition coefficient (Wildman–Crippen LogP) is -1.57. The van der Waals surface area contributed by atoms with Gasteiger partial charge in [0.05, 0.1) is 13.2 Å². The molecule has 2 aliphatic rings. The molecule has 12 nitrogen and oxygen atoms in total. The zero-order valence-corrected chi connectivity index (χ0v) is 15.0. The van der Waals surface area contributed by atoms with Crippen LogP contribution in [0, 0.1) is 0 Å². The normalized spacial score (nSPS) is 19.5. The summed E-state index contributed by atoms with van der Waals surface area (Å²) in [4.78, 5) is 60.9. The minimum atomic E-state index is -1.04. The van der Waals surface area contributed by atoms with Gasteiger partial charge in [0.15, 0.2) is 0 Å². The standard InChI is InChI=1S/C15H21N3O9/c1-16(3-12(20)26-7-10-5-24-10)14(22)17(2)15(23)18(9-19)4-13(21)27-8-11-6-25-11/h9-11H,3-8H2,1-2H3. The van der Waals surface area contributed by atoms with Gasteiger partial charge >= 0.3 is 24.0 Å². The number of hydrogen-bond donors (Lipinski definition) is 0. The molecule has 0 bridgehead atoms. The van der Waals surface area contributed by atoms with Gasteiger partial charge in [0, 0.05) is 14.1 Å². The average Bonchev–Trinajstić information content (AvgIpc) is 3.55. The van der Waals surface area contributed by atoms with Crippen LogP contribution in [0.2, 0.25) is 0 Å². The quantitative estimate of drug-likeness (QED) is 0.261. The summed E-state index contributed by atoms with van der Waals surface area (Å²) >= 11 is 0. The van der Waals surface area contributed by atoms with E-state index in [9.17, 15) is 24.0 Å². The van der Waals surface area contributed by atoms with Gasteiger partial charge in [-0.15, -0.1) is 0 Å². The van der Waals surface area contributed by atoms with Crippen molar-refractivity contribution in [3.63, 3.8) is 0 Å². The van der Waals surface area contributed by atoms with Crippen LogP contribution in [0.15, 0.2) is 0 Å². The Labute approximate surface area is 154 Å². The molecule has 0 aromatic carbocycles. The van der Waals surface area contributed by atoms with Crippen molar-refractivity contribution in [3.05, 3.63) is 0 Å². The van der Waals surface area contributed by atoms with Crippen molar-refractivity contribution in [2.24, 2.45) is 0 Å². The molecule has 27 heavy (non-hydrogen) atoms. The molecule has 2 aliphatic heterocycles. The van der Waals surface area contributed by atoms with E-state index in [-0.39, 0.29) is 31.8 Å². The van der Waals surface area contributed by atoms with Crippen LogP contribution in [0.4, 0.5) is 9.59 Å². The van der Waals surface area contributed by atoms with Crippen LogP contribution in [0.5, 0.6) is 0 Å². The minimum absolute atomic E-state index is 0.0330. The summed E-state index contributed by atoms with van der Waals surface area (Å²) in [6, 6.07) is -1.90. The second-order valence-electron chi connectivity index (χ2n) is 5.99. The van der Waals surface area contributed by atoms with E-state index < -0.39 is 37.1 Å². The first-order valence-corrected chi connectivity index (χ1v) is 8.11. The monoisotopic (exact) mass is 387 g/mol. The third-order valence-corrected chi connectivity index (χ3v) is 3.60. The molecule has 2 atom stereocenters. The van der Waals surface area contributed by atoms with E-state index in [2.05, 4.69) is 0 Å². The van der Waals surface area contributed by atoms with Crippen molar-refractivity contribution in [2.75, 3.05) is 53.6 Å². The van der Waals surface area contributed by atoms with E-state index in [0.717, 1.165) is 11.9 Å². The SMILES string of the molecule is CN(CC(=O)OCC1CO1)C(=O)N(C)C(=O)N(C=O)CC(=O)OCC1CO1. The molecule has 2 unspecified atom stereocenters. The lowest BCUT2D eigenvalue weighted by Crippen LogP contribution is -2.50. The van der Waals surface area contributed by atoms with Crippen molar-refractivity contribution in [3.8, 4) is 0 Å². The maximum Gasteiger partial charge on any atom is 0.334 e. The van der Waals surface area contributed by atoms with Crippen molar-refractivity contribution >= 4 is 30.4 Å². The smallest absolute Gasteiger partial charge is 0.334 e. The van der Waals surface area contributed by atoms with Crippen LogP contribution >= 0.6 is 0 Å². The van der Waals surface area contributed by atoms with Crippen molar-refractivity contribution in [1.29, 1.82) is 0 Å². The zero-order valence-electron chi connectivity index (χ0n) is 15.0. The first kappa shape index (κ1) is 20.6. The Bertz CT molecular complexity index is 603. The number of carbonyl (C=O) groups excluding carboxylic acids is 5. The van der Waals surface area contributed by atoms with Crippen LogP contribution in [0.25, 0.3) is 0 Å². The molecule has 5 amide bonds. The first-order chi connectivity index (χ1) is 12.8. The summed E-state index contributed by atoms with van der Waals surface area (Å²) in [7, 11) is 2.40. The number of carbonyl (C=O) groups is 5. The third-order valence-electron chi connectivity index (χ3n) is 3.60. The molecule has 2 heterocycles. The number of epoxide rings is 2. The Morgan fingerprint density at radius 2 is 1.41 bits per heavy atom. The molecule has 2 fully saturated rings. The fraction of sp³-hybridized carbons (Fsp3) is 0.667. The number of nitrogens with zero attached hydrogens (tertiary/aromatic N) is 3. The van der Waals surface area contributed by atoms with E-state index in [1.54, 1.807) is 0 Å². The molecule has 0 aromatic heterocycles. The lowest BCUT2D eigenvalue weighted by Gasteiger charge is -2.25. The number of rotatable bonds is 9. The number of imide groups is 2. The lowest BCUT2D eigenvalue weighted by atomic mass is 10.5. The Kier molecular flexibility index (Phi) is 7.07. The highest BCUT2D eigenvalue weighted by atomic mass is 16.6. The van der Waals surface area contributed by atoms with Crippen LogP contribution in [-0.4, -0.2) is 111 Å². The van der Waals surface area contributed by atoms with Crippen LogP contribution < -0.4 is 0 Å². The maximum atomic E-state index is 12.2. The van der Waals surface area contributed by atoms with Gasteiger partial charge < -0.3 is 23.8 Å². The number of hydrogen-bond acceptors (Lipinski definition) is 9. The third kappa shape index (κ3) is 6.83. The molecule has 0 N–H and O–H groups in total. The van der Waals surface area contributed by atoms with Crippen LogP contribution in [0.1, 0.15) is 0 Å². The summed E-state index contributed by atoms with van der Waals surface area (Å²) < 4.78 is 19.5. The summed E-state index contributed by atoms with van der Waals surface area (Å²) in [6.45, 7) is 0.0987. The largest absolute Gasteiger partial charge is 0.462 e. The van der Waals surface area contributed by atoms with Crippen LogP contribution in [-0.2, 0) is 33.3 Å². The number of likely N-dealkylation sites (N-methyl/N-ethyl adjacent to an activating group) is 1. The van der Waals surface area contributed by atoms with Gasteiger partial charge in [-0.25, -0.2) is 14.5 Å². The Balaban J connectivity index is 1.78. The molecule has 0 spiro atoms. The van der Waals surface area contributed by atoms with Gasteiger partial charge in [-0.3, -0.25) is 19.3 Å². The van der Waals surface area contributed by atoms with Crippen molar-refractivity contribution < 1.29 is 42.9 Å². The highest BCUT2D eigenvalue weighted by Crippen LogP contribution is 2.10. The topological polar surface area (TPSA) is 139 Å². The fourth-order valence-corrected chi connectivity index (χ4v) is 1.87. The maximum absolute atomic E-state index is 12.2. The molecule has 0 saturated carbocycles. The molecule has 0 radical (unpaired) electrons. The highest BCUT2D eigenvalue weighted by molar-refractivity contribution is 5.99. The van der Waals surface area contributed by atoms with Crippen molar-refractivity contribution in [2.45, 2.75) is 12.2 Å². The number of urea groups is 2. The molecular formula is C15H21N3O9. The number of esters is 2. The Morgan fingerprint density at radius 3 is 1.85 bits per heavy atom.